The van der Waals surface area contributed by atoms with E-state index in [1.54, 1.807) is 0 Å². The van der Waals surface area contributed by atoms with Crippen LogP contribution >= 0.6 is 0 Å². The van der Waals surface area contributed by atoms with Crippen LogP contribution in [0.3, 0.4) is 0 Å². The Balaban J connectivity index is 1.57. The summed E-state index contributed by atoms with van der Waals surface area (Å²) in [6.45, 7) is 4.00. The summed E-state index contributed by atoms with van der Waals surface area (Å²) < 4.78 is 0. The topological polar surface area (TPSA) is 115 Å². The number of amides is 4. The SMILES string of the molecule is CCC(C)C(CO)NC(=O)CC1NC(=O)N(CCc2c[nH]c3ccccc23)C1=O. The molecule has 29 heavy (non-hydrogen) atoms. The average Bonchev–Trinajstić information content (AvgIpc) is 3.24. The Hall–Kier alpha value is -2.87. The fourth-order valence-corrected chi connectivity index (χ4v) is 3.60. The van der Waals surface area contributed by atoms with E-state index in [0.29, 0.717) is 6.42 Å². The molecule has 1 aliphatic rings. The number of carbonyl (C=O) groups excluding carboxylic acids is 3. The number of urea groups is 1. The van der Waals surface area contributed by atoms with E-state index >= 15 is 0 Å². The largest absolute Gasteiger partial charge is 0.394 e. The van der Waals surface area contributed by atoms with Crippen molar-refractivity contribution in [2.24, 2.45) is 5.92 Å². The Morgan fingerprint density at radius 2 is 2.07 bits per heavy atom. The highest BCUT2D eigenvalue weighted by Crippen LogP contribution is 2.19. The lowest BCUT2D eigenvalue weighted by molar-refractivity contribution is -0.131. The van der Waals surface area contributed by atoms with E-state index in [1.165, 1.54) is 0 Å². The number of nitrogens with zero attached hydrogens (tertiary/aromatic N) is 1. The van der Waals surface area contributed by atoms with Crippen molar-refractivity contribution in [2.45, 2.75) is 45.2 Å². The highest BCUT2D eigenvalue weighted by molar-refractivity contribution is 6.05. The van der Waals surface area contributed by atoms with Gasteiger partial charge in [0.15, 0.2) is 0 Å². The molecule has 156 valence electrons. The van der Waals surface area contributed by atoms with Crippen molar-refractivity contribution in [3.05, 3.63) is 36.0 Å². The molecule has 0 spiro atoms. The summed E-state index contributed by atoms with van der Waals surface area (Å²) in [5.41, 5.74) is 2.04. The first-order valence-electron chi connectivity index (χ1n) is 10.0. The normalized spacial score (nSPS) is 18.7. The molecular weight excluding hydrogens is 372 g/mol. The molecule has 0 bridgehead atoms. The summed E-state index contributed by atoms with van der Waals surface area (Å²) in [5, 5.41) is 15.9. The van der Waals surface area contributed by atoms with E-state index in [2.05, 4.69) is 15.6 Å². The third kappa shape index (κ3) is 4.59. The minimum absolute atomic E-state index is 0.116. The molecule has 3 unspecified atom stereocenters. The molecule has 1 aromatic carbocycles. The number of imide groups is 1. The quantitative estimate of drug-likeness (QED) is 0.478. The Morgan fingerprint density at radius 1 is 1.31 bits per heavy atom. The number of hydrogen-bond acceptors (Lipinski definition) is 4. The maximum Gasteiger partial charge on any atom is 0.324 e. The van der Waals surface area contributed by atoms with Crippen LogP contribution in [0.15, 0.2) is 30.5 Å². The molecule has 4 amide bonds. The van der Waals surface area contributed by atoms with E-state index in [0.717, 1.165) is 27.8 Å². The van der Waals surface area contributed by atoms with Crippen LogP contribution in [0.4, 0.5) is 4.79 Å². The number of aliphatic hydroxyl groups excluding tert-OH is 1. The fourth-order valence-electron chi connectivity index (χ4n) is 3.60. The van der Waals surface area contributed by atoms with Gasteiger partial charge in [-0.25, -0.2) is 4.79 Å². The van der Waals surface area contributed by atoms with Gasteiger partial charge in [-0.05, 0) is 24.0 Å². The zero-order chi connectivity index (χ0) is 21.0. The number of hydrogen-bond donors (Lipinski definition) is 4. The lowest BCUT2D eigenvalue weighted by atomic mass is 9.99. The third-order valence-corrected chi connectivity index (χ3v) is 5.65. The van der Waals surface area contributed by atoms with Crippen LogP contribution in [-0.2, 0) is 16.0 Å². The number of rotatable bonds is 9. The molecule has 3 atom stereocenters. The molecule has 0 aliphatic carbocycles. The van der Waals surface area contributed by atoms with Crippen LogP contribution in [0.1, 0.15) is 32.3 Å². The van der Waals surface area contributed by atoms with Crippen LogP contribution in [0.5, 0.6) is 0 Å². The number of carbonyl (C=O) groups is 3. The molecule has 4 N–H and O–H groups in total. The summed E-state index contributed by atoms with van der Waals surface area (Å²) >= 11 is 0. The summed E-state index contributed by atoms with van der Waals surface area (Å²) in [6.07, 6.45) is 3.09. The van der Waals surface area contributed by atoms with Gasteiger partial charge in [0.1, 0.15) is 6.04 Å². The lowest BCUT2D eigenvalue weighted by Gasteiger charge is -2.22. The predicted molar refractivity (Wildman–Crippen MR) is 109 cm³/mol. The number of aromatic amines is 1. The number of aliphatic hydroxyl groups is 1. The molecule has 0 saturated carbocycles. The van der Waals surface area contributed by atoms with Crippen molar-refractivity contribution in [1.82, 2.24) is 20.5 Å². The van der Waals surface area contributed by atoms with Crippen LogP contribution < -0.4 is 10.6 Å². The molecule has 1 saturated heterocycles. The summed E-state index contributed by atoms with van der Waals surface area (Å²) in [6, 6.07) is 6.14. The predicted octanol–water partition coefficient (Wildman–Crippen LogP) is 1.54. The summed E-state index contributed by atoms with van der Waals surface area (Å²) in [4.78, 5) is 41.5. The summed E-state index contributed by atoms with van der Waals surface area (Å²) in [7, 11) is 0. The van der Waals surface area contributed by atoms with Gasteiger partial charge >= 0.3 is 6.03 Å². The average molecular weight is 400 g/mol. The number of fused-ring (bicyclic) bond motifs is 1. The molecule has 1 fully saturated rings. The van der Waals surface area contributed by atoms with Crippen molar-refractivity contribution in [2.75, 3.05) is 13.2 Å². The maximum absolute atomic E-state index is 12.6. The zero-order valence-corrected chi connectivity index (χ0v) is 16.8. The van der Waals surface area contributed by atoms with Crippen LogP contribution in [0.25, 0.3) is 10.9 Å². The van der Waals surface area contributed by atoms with E-state index in [9.17, 15) is 19.5 Å². The second-order valence-corrected chi connectivity index (χ2v) is 7.55. The molecule has 1 aliphatic heterocycles. The highest BCUT2D eigenvalue weighted by atomic mass is 16.3. The molecule has 1 aromatic heterocycles. The lowest BCUT2D eigenvalue weighted by Crippen LogP contribution is -2.45. The molecule has 8 nitrogen and oxygen atoms in total. The van der Waals surface area contributed by atoms with E-state index in [1.807, 2.05) is 44.3 Å². The highest BCUT2D eigenvalue weighted by Gasteiger charge is 2.39. The van der Waals surface area contributed by atoms with Crippen molar-refractivity contribution < 1.29 is 19.5 Å². The smallest absolute Gasteiger partial charge is 0.324 e. The minimum Gasteiger partial charge on any atom is -0.394 e. The maximum atomic E-state index is 12.6. The first kappa shape index (κ1) is 20.9. The van der Waals surface area contributed by atoms with Crippen molar-refractivity contribution >= 4 is 28.7 Å². The number of aromatic nitrogens is 1. The Kier molecular flexibility index (Phi) is 6.53. The van der Waals surface area contributed by atoms with Crippen molar-refractivity contribution in [3.63, 3.8) is 0 Å². The van der Waals surface area contributed by atoms with Crippen LogP contribution in [0.2, 0.25) is 0 Å². The van der Waals surface area contributed by atoms with E-state index in [4.69, 9.17) is 0 Å². The van der Waals surface area contributed by atoms with E-state index in [-0.39, 0.29) is 37.4 Å². The van der Waals surface area contributed by atoms with Gasteiger partial charge in [0.05, 0.1) is 19.1 Å². The van der Waals surface area contributed by atoms with Gasteiger partial charge in [0, 0.05) is 23.6 Å². The monoisotopic (exact) mass is 400 g/mol. The van der Waals surface area contributed by atoms with Crippen LogP contribution in [-0.4, -0.2) is 58.1 Å². The molecule has 3 rings (SSSR count). The van der Waals surface area contributed by atoms with Gasteiger partial charge < -0.3 is 20.7 Å². The third-order valence-electron chi connectivity index (χ3n) is 5.65. The number of nitrogens with one attached hydrogen (secondary N) is 3. The minimum atomic E-state index is -0.873. The number of para-hydroxylation sites is 1. The summed E-state index contributed by atoms with van der Waals surface area (Å²) in [5.74, 6) is -0.638. The second-order valence-electron chi connectivity index (χ2n) is 7.55. The van der Waals surface area contributed by atoms with Gasteiger partial charge in [-0.2, -0.15) is 0 Å². The van der Waals surface area contributed by atoms with Crippen LogP contribution in [0, 0.1) is 5.92 Å². The first-order valence-corrected chi connectivity index (χ1v) is 10.0. The zero-order valence-electron chi connectivity index (χ0n) is 16.8. The van der Waals surface area contributed by atoms with E-state index < -0.39 is 18.0 Å². The number of H-pyrrole nitrogens is 1. The van der Waals surface area contributed by atoms with Gasteiger partial charge in [-0.3, -0.25) is 14.5 Å². The van der Waals surface area contributed by atoms with Crippen molar-refractivity contribution in [1.29, 1.82) is 0 Å². The Bertz CT molecular complexity index is 894. The second kappa shape index (κ2) is 9.09. The molecule has 2 heterocycles. The van der Waals surface area contributed by atoms with Gasteiger partial charge in [0.25, 0.3) is 5.91 Å². The molecule has 0 radical (unpaired) electrons. The van der Waals surface area contributed by atoms with Gasteiger partial charge in [-0.1, -0.05) is 38.5 Å². The Labute approximate surface area is 169 Å². The molecule has 2 aromatic rings. The number of benzene rings is 1. The van der Waals surface area contributed by atoms with Gasteiger partial charge in [0.2, 0.25) is 5.91 Å². The Morgan fingerprint density at radius 3 is 2.79 bits per heavy atom. The molecule has 8 heteroatoms. The standard InChI is InChI=1S/C21H28N4O4/c1-3-13(2)18(12-26)23-19(27)10-17-20(28)25(21(29)24-17)9-8-14-11-22-16-7-5-4-6-15(14)16/h4-7,11,13,17-18,22,26H,3,8-10,12H2,1-2H3,(H,23,27)(H,24,29). The van der Waals surface area contributed by atoms with Crippen molar-refractivity contribution in [3.8, 4) is 0 Å². The molecular formula is C21H28N4O4. The van der Waals surface area contributed by atoms with Gasteiger partial charge in [-0.15, -0.1) is 0 Å². The first-order chi connectivity index (χ1) is 13.9. The fraction of sp³-hybridized carbons (Fsp3) is 0.476.